The highest BCUT2D eigenvalue weighted by atomic mass is 32.2. The fourth-order valence-corrected chi connectivity index (χ4v) is 5.26. The van der Waals surface area contributed by atoms with Crippen molar-refractivity contribution in [3.63, 3.8) is 0 Å². The van der Waals surface area contributed by atoms with Gasteiger partial charge in [-0.05, 0) is 35.9 Å². The van der Waals surface area contributed by atoms with Gasteiger partial charge in [-0.15, -0.1) is 0 Å². The molecule has 1 heterocycles. The lowest BCUT2D eigenvalue weighted by atomic mass is 10.0. The predicted molar refractivity (Wildman–Crippen MR) is 127 cm³/mol. The fraction of sp³-hybridized carbons (Fsp3) is 0.120. The molecule has 7 nitrogen and oxygen atoms in total. The smallest absolute Gasteiger partial charge is 0.418 e. The van der Waals surface area contributed by atoms with E-state index in [2.05, 4.69) is 4.98 Å². The van der Waals surface area contributed by atoms with Crippen LogP contribution in [0.3, 0.4) is 0 Å². The number of rotatable bonds is 7. The summed E-state index contributed by atoms with van der Waals surface area (Å²) in [5, 5.41) is 9.61. The number of aromatic nitrogens is 1. The number of pyridine rings is 1. The van der Waals surface area contributed by atoms with Gasteiger partial charge in [-0.1, -0.05) is 42.5 Å². The van der Waals surface area contributed by atoms with Crippen molar-refractivity contribution in [1.29, 1.82) is 0 Å². The molecule has 0 aliphatic carbocycles. The second-order valence-corrected chi connectivity index (χ2v) is 9.56. The summed E-state index contributed by atoms with van der Waals surface area (Å²) < 4.78 is 74.8. The Labute approximate surface area is 204 Å². The molecular weight excluding hydrogens is 497 g/mol. The number of carboxylic acid groups (broad SMARTS) is 1. The van der Waals surface area contributed by atoms with E-state index in [4.69, 9.17) is 4.74 Å². The van der Waals surface area contributed by atoms with Crippen LogP contribution in [0.2, 0.25) is 0 Å². The Hall–Kier alpha value is -4.12. The number of hydrogen-bond donors (Lipinski definition) is 1. The van der Waals surface area contributed by atoms with E-state index < -0.39 is 44.5 Å². The van der Waals surface area contributed by atoms with Gasteiger partial charge in [0.05, 0.1) is 35.3 Å². The van der Waals surface area contributed by atoms with Crippen molar-refractivity contribution in [2.45, 2.75) is 17.6 Å². The van der Waals surface area contributed by atoms with E-state index in [1.165, 1.54) is 37.4 Å². The van der Waals surface area contributed by atoms with Crippen LogP contribution in [0.1, 0.15) is 21.5 Å². The highest BCUT2D eigenvalue weighted by molar-refractivity contribution is 7.92. The van der Waals surface area contributed by atoms with Gasteiger partial charge in [-0.3, -0.25) is 9.29 Å². The summed E-state index contributed by atoms with van der Waals surface area (Å²) in [4.78, 5) is 15.7. The van der Waals surface area contributed by atoms with Crippen molar-refractivity contribution >= 4 is 32.6 Å². The lowest BCUT2D eigenvalue weighted by Crippen LogP contribution is -2.32. The number of carboxylic acids is 1. The molecule has 4 rings (SSSR count). The summed E-state index contributed by atoms with van der Waals surface area (Å²) in [7, 11) is -3.06. The summed E-state index contributed by atoms with van der Waals surface area (Å²) >= 11 is 0. The maximum absolute atomic E-state index is 13.9. The third kappa shape index (κ3) is 4.69. The molecular formula is C25H19F3N2O5S. The standard InChI is InChI=1S/C25H19F3N2O5S/c1-35-17-10-12-18(13-11-17)36(33,34)30(15-16-6-3-2-4-7-16)23-19-8-5-9-21(25(26,27)28)22(19)29-14-20(23)24(31)32/h2-14H,15H2,1H3,(H,31,32). The van der Waals surface area contributed by atoms with Crippen molar-refractivity contribution in [1.82, 2.24) is 4.98 Å². The van der Waals surface area contributed by atoms with E-state index in [0.717, 1.165) is 22.6 Å². The normalized spacial score (nSPS) is 11.9. The second-order valence-electron chi connectivity index (χ2n) is 7.70. The molecule has 0 radical (unpaired) electrons. The summed E-state index contributed by atoms with van der Waals surface area (Å²) in [5.41, 5.74) is -2.16. The first-order valence-corrected chi connectivity index (χ1v) is 11.9. The molecule has 11 heteroatoms. The van der Waals surface area contributed by atoms with Crippen LogP contribution < -0.4 is 9.04 Å². The van der Waals surface area contributed by atoms with Gasteiger partial charge in [0.2, 0.25) is 0 Å². The monoisotopic (exact) mass is 516 g/mol. The maximum atomic E-state index is 13.9. The van der Waals surface area contributed by atoms with Crippen LogP contribution in [-0.4, -0.2) is 31.6 Å². The number of benzene rings is 3. The number of carbonyl (C=O) groups is 1. The topological polar surface area (TPSA) is 96.8 Å². The van der Waals surface area contributed by atoms with Crippen molar-refractivity contribution < 1.29 is 36.2 Å². The van der Waals surface area contributed by atoms with Crippen molar-refractivity contribution in [3.05, 3.63) is 95.7 Å². The largest absolute Gasteiger partial charge is 0.497 e. The Morgan fingerprint density at radius 1 is 1.00 bits per heavy atom. The zero-order chi connectivity index (χ0) is 26.1. The summed E-state index contributed by atoms with van der Waals surface area (Å²) in [6.07, 6.45) is -4.05. The summed E-state index contributed by atoms with van der Waals surface area (Å²) in [5.74, 6) is -1.15. The van der Waals surface area contributed by atoms with Crippen LogP contribution in [0.25, 0.3) is 10.9 Å². The van der Waals surface area contributed by atoms with Gasteiger partial charge in [-0.2, -0.15) is 13.2 Å². The average molecular weight is 516 g/mol. The molecule has 0 aliphatic heterocycles. The first-order valence-electron chi connectivity index (χ1n) is 10.5. The number of aromatic carboxylic acids is 1. The number of para-hydroxylation sites is 1. The first kappa shape index (κ1) is 25.0. The number of ether oxygens (including phenoxy) is 1. The van der Waals surface area contributed by atoms with Gasteiger partial charge in [0, 0.05) is 11.6 Å². The van der Waals surface area contributed by atoms with E-state index in [0.29, 0.717) is 11.3 Å². The number of anilines is 1. The predicted octanol–water partition coefficient (Wildman–Crippen LogP) is 5.36. The molecule has 186 valence electrons. The molecule has 1 aromatic heterocycles. The third-order valence-corrected chi connectivity index (χ3v) is 7.23. The van der Waals surface area contributed by atoms with Gasteiger partial charge < -0.3 is 9.84 Å². The Bertz CT molecular complexity index is 1520. The molecule has 0 fully saturated rings. The van der Waals surface area contributed by atoms with E-state index in [1.54, 1.807) is 30.3 Å². The van der Waals surface area contributed by atoms with E-state index in [9.17, 15) is 31.5 Å². The minimum atomic E-state index is -4.80. The minimum absolute atomic E-state index is 0.201. The maximum Gasteiger partial charge on any atom is 0.418 e. The quantitative estimate of drug-likeness (QED) is 0.356. The van der Waals surface area contributed by atoms with E-state index in [1.807, 2.05) is 0 Å². The highest BCUT2D eigenvalue weighted by Gasteiger charge is 2.36. The highest BCUT2D eigenvalue weighted by Crippen LogP contribution is 2.40. The second kappa shape index (κ2) is 9.50. The van der Waals surface area contributed by atoms with Gasteiger partial charge in [-0.25, -0.2) is 13.2 Å². The number of methoxy groups -OCH3 is 1. The summed E-state index contributed by atoms with van der Waals surface area (Å²) in [6.45, 7) is -0.342. The van der Waals surface area contributed by atoms with E-state index >= 15 is 0 Å². The van der Waals surface area contributed by atoms with Crippen molar-refractivity contribution in [2.75, 3.05) is 11.4 Å². The zero-order valence-electron chi connectivity index (χ0n) is 18.7. The Balaban J connectivity index is 2.05. The van der Waals surface area contributed by atoms with Crippen LogP contribution in [0.15, 0.2) is 83.9 Å². The molecule has 0 bridgehead atoms. The van der Waals surface area contributed by atoms with Crippen LogP contribution >= 0.6 is 0 Å². The number of nitrogens with zero attached hydrogens (tertiary/aromatic N) is 2. The molecule has 0 saturated carbocycles. The fourth-order valence-electron chi connectivity index (χ4n) is 3.77. The zero-order valence-corrected chi connectivity index (χ0v) is 19.5. The van der Waals surface area contributed by atoms with E-state index in [-0.39, 0.29) is 16.8 Å². The molecule has 0 saturated heterocycles. The number of fused-ring (bicyclic) bond motifs is 1. The summed E-state index contributed by atoms with van der Waals surface area (Å²) in [6, 6.07) is 16.8. The lowest BCUT2D eigenvalue weighted by molar-refractivity contribution is -0.136. The van der Waals surface area contributed by atoms with Gasteiger partial charge in [0.25, 0.3) is 10.0 Å². The number of halogens is 3. The van der Waals surface area contributed by atoms with Gasteiger partial charge in [0.15, 0.2) is 0 Å². The van der Waals surface area contributed by atoms with Crippen LogP contribution in [0.4, 0.5) is 18.9 Å². The SMILES string of the molecule is COc1ccc(S(=O)(=O)N(Cc2ccccc2)c2c(C(=O)O)cnc3c(C(F)(F)F)cccc23)cc1. The molecule has 1 N–H and O–H groups in total. The minimum Gasteiger partial charge on any atom is -0.497 e. The molecule has 0 amide bonds. The van der Waals surface area contributed by atoms with Crippen molar-refractivity contribution in [2.24, 2.45) is 0 Å². The molecule has 4 aromatic rings. The molecule has 0 atom stereocenters. The number of hydrogen-bond acceptors (Lipinski definition) is 5. The molecule has 3 aromatic carbocycles. The van der Waals surface area contributed by atoms with Gasteiger partial charge >= 0.3 is 12.1 Å². The third-order valence-electron chi connectivity index (χ3n) is 5.47. The molecule has 0 unspecified atom stereocenters. The number of alkyl halides is 3. The molecule has 36 heavy (non-hydrogen) atoms. The number of sulfonamides is 1. The van der Waals surface area contributed by atoms with Crippen LogP contribution in [0.5, 0.6) is 5.75 Å². The van der Waals surface area contributed by atoms with Gasteiger partial charge in [0.1, 0.15) is 11.3 Å². The molecule has 0 spiro atoms. The Kier molecular flexibility index (Phi) is 6.59. The average Bonchev–Trinajstić information content (AvgIpc) is 2.86. The molecule has 0 aliphatic rings. The Morgan fingerprint density at radius 2 is 1.67 bits per heavy atom. The lowest BCUT2D eigenvalue weighted by Gasteiger charge is -2.27. The first-order chi connectivity index (χ1) is 17.0. The van der Waals surface area contributed by atoms with Crippen LogP contribution in [0, 0.1) is 0 Å². The Morgan fingerprint density at radius 3 is 2.25 bits per heavy atom. The van der Waals surface area contributed by atoms with Crippen LogP contribution in [-0.2, 0) is 22.7 Å². The van der Waals surface area contributed by atoms with Crippen molar-refractivity contribution in [3.8, 4) is 5.75 Å².